The third-order valence-electron chi connectivity index (χ3n) is 2.10. The molecular formula is C12H10FN. The number of rotatable bonds is 2. The van der Waals surface area contributed by atoms with Crippen LogP contribution in [0.3, 0.4) is 0 Å². The topological polar surface area (TPSA) is 12.9 Å². The molecule has 0 aliphatic heterocycles. The quantitative estimate of drug-likeness (QED) is 0.703. The van der Waals surface area contributed by atoms with Crippen LogP contribution in [0.25, 0.3) is 11.3 Å². The normalized spacial score (nSPS) is 10.1. The molecule has 2 rings (SSSR count). The first-order valence-corrected chi connectivity index (χ1v) is 4.47. The summed E-state index contributed by atoms with van der Waals surface area (Å²) in [6.07, 6.45) is 1.71. The fourth-order valence-corrected chi connectivity index (χ4v) is 1.41. The lowest BCUT2D eigenvalue weighted by molar-refractivity contribution is 0.486. The smallest absolute Gasteiger partial charge is 0.115 e. The molecule has 1 nitrogen and oxygen atoms in total. The molecule has 0 saturated carbocycles. The summed E-state index contributed by atoms with van der Waals surface area (Å²) in [4.78, 5) is 4.19. The van der Waals surface area contributed by atoms with Crippen LogP contribution in [-0.4, -0.2) is 4.98 Å². The second-order valence-corrected chi connectivity index (χ2v) is 3.01. The van der Waals surface area contributed by atoms with Crippen LogP contribution in [0.4, 0.5) is 4.39 Å². The highest BCUT2D eigenvalue weighted by atomic mass is 19.1. The van der Waals surface area contributed by atoms with Gasteiger partial charge in [0.25, 0.3) is 0 Å². The maximum absolute atomic E-state index is 12.6. The molecule has 0 bridgehead atoms. The number of hydrogen-bond donors (Lipinski definition) is 0. The van der Waals surface area contributed by atoms with Gasteiger partial charge in [-0.2, -0.15) is 0 Å². The SMILES string of the molecule is FCc1ccccc1-c1ccccn1. The average Bonchev–Trinajstić information content (AvgIpc) is 2.30. The summed E-state index contributed by atoms with van der Waals surface area (Å²) in [7, 11) is 0. The number of hydrogen-bond acceptors (Lipinski definition) is 1. The van der Waals surface area contributed by atoms with E-state index in [1.807, 2.05) is 36.4 Å². The van der Waals surface area contributed by atoms with Crippen molar-refractivity contribution in [2.24, 2.45) is 0 Å². The van der Waals surface area contributed by atoms with Gasteiger partial charge in [-0.15, -0.1) is 0 Å². The van der Waals surface area contributed by atoms with Gasteiger partial charge in [-0.3, -0.25) is 4.98 Å². The van der Waals surface area contributed by atoms with Crippen LogP contribution in [0.1, 0.15) is 5.56 Å². The largest absolute Gasteiger partial charge is 0.256 e. The molecule has 0 fully saturated rings. The summed E-state index contributed by atoms with van der Waals surface area (Å²) < 4.78 is 12.6. The van der Waals surface area contributed by atoms with Gasteiger partial charge in [0.15, 0.2) is 0 Å². The molecule has 14 heavy (non-hydrogen) atoms. The zero-order valence-corrected chi connectivity index (χ0v) is 7.65. The number of benzene rings is 1. The lowest BCUT2D eigenvalue weighted by atomic mass is 10.1. The zero-order valence-electron chi connectivity index (χ0n) is 7.65. The Hall–Kier alpha value is -1.70. The molecule has 0 amide bonds. The minimum Gasteiger partial charge on any atom is -0.256 e. The molecule has 0 saturated heterocycles. The van der Waals surface area contributed by atoms with Gasteiger partial charge in [0.05, 0.1) is 5.69 Å². The minimum absolute atomic E-state index is 0.452. The predicted octanol–water partition coefficient (Wildman–Crippen LogP) is 3.22. The molecule has 1 heterocycles. The van der Waals surface area contributed by atoms with Gasteiger partial charge in [0.2, 0.25) is 0 Å². The van der Waals surface area contributed by atoms with Gasteiger partial charge in [0, 0.05) is 11.8 Å². The molecule has 1 aromatic heterocycles. The van der Waals surface area contributed by atoms with Crippen molar-refractivity contribution in [1.82, 2.24) is 4.98 Å². The Kier molecular flexibility index (Phi) is 2.54. The molecule has 2 aromatic rings. The highest BCUT2D eigenvalue weighted by molar-refractivity contribution is 5.63. The van der Waals surface area contributed by atoms with E-state index in [9.17, 15) is 4.39 Å². The first-order chi connectivity index (χ1) is 6.92. The van der Waals surface area contributed by atoms with E-state index >= 15 is 0 Å². The van der Waals surface area contributed by atoms with Crippen molar-refractivity contribution in [1.29, 1.82) is 0 Å². The van der Waals surface area contributed by atoms with E-state index in [-0.39, 0.29) is 0 Å². The lowest BCUT2D eigenvalue weighted by Crippen LogP contribution is -1.88. The van der Waals surface area contributed by atoms with E-state index in [4.69, 9.17) is 0 Å². The monoisotopic (exact) mass is 187 g/mol. The van der Waals surface area contributed by atoms with Gasteiger partial charge in [-0.05, 0) is 17.7 Å². The van der Waals surface area contributed by atoms with Gasteiger partial charge in [-0.25, -0.2) is 4.39 Å². The standard InChI is InChI=1S/C12H10FN/c13-9-10-5-1-2-6-11(10)12-7-3-4-8-14-12/h1-8H,9H2. The number of alkyl halides is 1. The summed E-state index contributed by atoms with van der Waals surface area (Å²) >= 11 is 0. The Morgan fingerprint density at radius 1 is 1.00 bits per heavy atom. The molecule has 2 heteroatoms. The Balaban J connectivity index is 2.51. The first-order valence-electron chi connectivity index (χ1n) is 4.47. The summed E-state index contributed by atoms with van der Waals surface area (Å²) in [6, 6.07) is 13.0. The van der Waals surface area contributed by atoms with Crippen molar-refractivity contribution < 1.29 is 4.39 Å². The van der Waals surface area contributed by atoms with Gasteiger partial charge in [0.1, 0.15) is 6.67 Å². The van der Waals surface area contributed by atoms with E-state index in [2.05, 4.69) is 4.98 Å². The summed E-state index contributed by atoms with van der Waals surface area (Å²) in [5.74, 6) is 0. The van der Waals surface area contributed by atoms with Crippen molar-refractivity contribution in [3.05, 3.63) is 54.2 Å². The predicted molar refractivity (Wildman–Crippen MR) is 54.5 cm³/mol. The number of aromatic nitrogens is 1. The van der Waals surface area contributed by atoms with E-state index in [1.165, 1.54) is 0 Å². The molecule has 0 unspecified atom stereocenters. The van der Waals surface area contributed by atoms with Crippen molar-refractivity contribution >= 4 is 0 Å². The number of pyridine rings is 1. The maximum atomic E-state index is 12.6. The first kappa shape index (κ1) is 8.88. The van der Waals surface area contributed by atoms with E-state index in [0.29, 0.717) is 5.56 Å². The van der Waals surface area contributed by atoms with Gasteiger partial charge < -0.3 is 0 Å². The molecule has 0 aliphatic carbocycles. The van der Waals surface area contributed by atoms with Gasteiger partial charge >= 0.3 is 0 Å². The maximum Gasteiger partial charge on any atom is 0.115 e. The fourth-order valence-electron chi connectivity index (χ4n) is 1.41. The average molecular weight is 187 g/mol. The molecular weight excluding hydrogens is 177 g/mol. The Morgan fingerprint density at radius 2 is 1.79 bits per heavy atom. The van der Waals surface area contributed by atoms with Crippen molar-refractivity contribution in [2.45, 2.75) is 6.67 Å². The molecule has 1 aromatic carbocycles. The highest BCUT2D eigenvalue weighted by Gasteiger charge is 2.03. The van der Waals surface area contributed by atoms with Gasteiger partial charge in [-0.1, -0.05) is 30.3 Å². The lowest BCUT2D eigenvalue weighted by Gasteiger charge is -2.04. The number of halogens is 1. The highest BCUT2D eigenvalue weighted by Crippen LogP contribution is 2.21. The molecule has 0 aliphatic rings. The second kappa shape index (κ2) is 4.01. The van der Waals surface area contributed by atoms with Crippen molar-refractivity contribution in [3.8, 4) is 11.3 Å². The van der Waals surface area contributed by atoms with Crippen LogP contribution < -0.4 is 0 Å². The Bertz CT molecular complexity index is 412. The van der Waals surface area contributed by atoms with Crippen LogP contribution in [-0.2, 0) is 6.67 Å². The van der Waals surface area contributed by atoms with E-state index in [1.54, 1.807) is 12.3 Å². The van der Waals surface area contributed by atoms with E-state index < -0.39 is 6.67 Å². The molecule has 0 radical (unpaired) electrons. The Labute approximate surface area is 82.2 Å². The van der Waals surface area contributed by atoms with Crippen LogP contribution in [0, 0.1) is 0 Å². The van der Waals surface area contributed by atoms with Crippen LogP contribution in [0.15, 0.2) is 48.7 Å². The minimum atomic E-state index is -0.452. The summed E-state index contributed by atoms with van der Waals surface area (Å²) in [6.45, 7) is -0.452. The molecule has 0 spiro atoms. The summed E-state index contributed by atoms with van der Waals surface area (Å²) in [5, 5.41) is 0. The third kappa shape index (κ3) is 1.64. The third-order valence-corrected chi connectivity index (χ3v) is 2.10. The zero-order chi connectivity index (χ0) is 9.80. The molecule has 0 N–H and O–H groups in total. The van der Waals surface area contributed by atoms with Crippen molar-refractivity contribution in [2.75, 3.05) is 0 Å². The van der Waals surface area contributed by atoms with Crippen LogP contribution >= 0.6 is 0 Å². The fraction of sp³-hybridized carbons (Fsp3) is 0.0833. The Morgan fingerprint density at radius 3 is 2.50 bits per heavy atom. The van der Waals surface area contributed by atoms with E-state index in [0.717, 1.165) is 11.3 Å². The molecule has 70 valence electrons. The second-order valence-electron chi connectivity index (χ2n) is 3.01. The van der Waals surface area contributed by atoms with Crippen LogP contribution in [0.2, 0.25) is 0 Å². The summed E-state index contributed by atoms with van der Waals surface area (Å²) in [5.41, 5.74) is 2.38. The van der Waals surface area contributed by atoms with Crippen molar-refractivity contribution in [3.63, 3.8) is 0 Å². The number of nitrogens with zero attached hydrogens (tertiary/aromatic N) is 1. The van der Waals surface area contributed by atoms with Crippen LogP contribution in [0.5, 0.6) is 0 Å². The molecule has 0 atom stereocenters.